The summed E-state index contributed by atoms with van der Waals surface area (Å²) >= 11 is 0. The molecule has 0 heteroatoms. The van der Waals surface area contributed by atoms with E-state index in [-0.39, 0.29) is 0 Å². The Labute approximate surface area is 127 Å². The quantitative estimate of drug-likeness (QED) is 0.571. The molecule has 0 saturated carbocycles. The van der Waals surface area contributed by atoms with Crippen molar-refractivity contribution in [3.8, 4) is 11.1 Å². The molecule has 0 saturated heterocycles. The lowest BCUT2D eigenvalue weighted by molar-refractivity contribution is 0.759. The Bertz CT molecular complexity index is 683. The largest absolute Gasteiger partial charge is 0.0622 e. The first-order valence-corrected chi connectivity index (χ1v) is 7.52. The topological polar surface area (TPSA) is 0 Å². The number of benzene rings is 3. The van der Waals surface area contributed by atoms with E-state index < -0.39 is 0 Å². The molecular weight excluding hydrogens is 252 g/mol. The highest BCUT2D eigenvalue weighted by Gasteiger charge is 2.07. The fourth-order valence-electron chi connectivity index (χ4n) is 2.74. The molecule has 0 heterocycles. The molecule has 0 aromatic heterocycles. The van der Waals surface area contributed by atoms with E-state index in [0.717, 1.165) is 6.42 Å². The van der Waals surface area contributed by atoms with Gasteiger partial charge in [0, 0.05) is 0 Å². The highest BCUT2D eigenvalue weighted by molar-refractivity contribution is 5.64. The van der Waals surface area contributed by atoms with Crippen LogP contribution in [0.1, 0.15) is 24.0 Å². The van der Waals surface area contributed by atoms with Crippen molar-refractivity contribution in [1.82, 2.24) is 0 Å². The van der Waals surface area contributed by atoms with E-state index in [4.69, 9.17) is 0 Å². The standard InChI is InChI=1S/C21H20/c1-17(15-18-9-4-2-5-10-18)20-13-8-14-21(16-20)19-11-6-3-7-12-19/h2-14,16-17H,15H2,1H3. The Morgan fingerprint density at radius 1 is 0.667 bits per heavy atom. The lowest BCUT2D eigenvalue weighted by Gasteiger charge is -2.13. The molecule has 3 aromatic rings. The normalized spacial score (nSPS) is 12.0. The third-order valence-electron chi connectivity index (χ3n) is 3.95. The molecule has 1 unspecified atom stereocenters. The zero-order valence-electron chi connectivity index (χ0n) is 12.4. The van der Waals surface area contributed by atoms with Crippen LogP contribution in [0.25, 0.3) is 11.1 Å². The fraction of sp³-hybridized carbons (Fsp3) is 0.143. The number of rotatable bonds is 4. The average Bonchev–Trinajstić information content (AvgIpc) is 2.57. The van der Waals surface area contributed by atoms with Crippen LogP contribution < -0.4 is 0 Å². The molecule has 0 bridgehead atoms. The molecule has 0 aliphatic heterocycles. The van der Waals surface area contributed by atoms with Crippen LogP contribution in [-0.4, -0.2) is 0 Å². The van der Waals surface area contributed by atoms with Crippen LogP contribution in [0.2, 0.25) is 0 Å². The van der Waals surface area contributed by atoms with Gasteiger partial charge in [-0.15, -0.1) is 0 Å². The molecule has 0 aliphatic carbocycles. The molecule has 21 heavy (non-hydrogen) atoms. The van der Waals surface area contributed by atoms with E-state index in [1.165, 1.54) is 22.3 Å². The van der Waals surface area contributed by atoms with Crippen LogP contribution in [0.4, 0.5) is 0 Å². The van der Waals surface area contributed by atoms with Gasteiger partial charge in [0.05, 0.1) is 0 Å². The predicted molar refractivity (Wildman–Crippen MR) is 90.4 cm³/mol. The summed E-state index contributed by atoms with van der Waals surface area (Å²) in [4.78, 5) is 0. The first kappa shape index (κ1) is 13.6. The first-order chi connectivity index (χ1) is 10.3. The lowest BCUT2D eigenvalue weighted by atomic mass is 9.91. The summed E-state index contributed by atoms with van der Waals surface area (Å²) in [5, 5.41) is 0. The molecule has 3 rings (SSSR count). The van der Waals surface area contributed by atoms with E-state index in [0.29, 0.717) is 5.92 Å². The van der Waals surface area contributed by atoms with E-state index >= 15 is 0 Å². The molecule has 0 spiro atoms. The van der Waals surface area contributed by atoms with Crippen LogP contribution in [0.15, 0.2) is 84.9 Å². The molecule has 0 aliphatic rings. The molecule has 3 aromatic carbocycles. The predicted octanol–water partition coefficient (Wildman–Crippen LogP) is 5.70. The molecule has 0 amide bonds. The van der Waals surface area contributed by atoms with Crippen molar-refractivity contribution >= 4 is 0 Å². The van der Waals surface area contributed by atoms with Crippen molar-refractivity contribution < 1.29 is 0 Å². The highest BCUT2D eigenvalue weighted by atomic mass is 14.1. The maximum atomic E-state index is 2.32. The second kappa shape index (κ2) is 6.41. The van der Waals surface area contributed by atoms with Gasteiger partial charge in [-0.25, -0.2) is 0 Å². The summed E-state index contributed by atoms with van der Waals surface area (Å²) in [6.45, 7) is 2.30. The SMILES string of the molecule is CC(Cc1ccccc1)c1cccc(-c2ccccc2)c1. The molecule has 0 fully saturated rings. The second-order valence-electron chi connectivity index (χ2n) is 5.58. The van der Waals surface area contributed by atoms with Crippen LogP contribution in [-0.2, 0) is 6.42 Å². The van der Waals surface area contributed by atoms with Crippen molar-refractivity contribution in [2.24, 2.45) is 0 Å². The maximum absolute atomic E-state index is 2.32. The Morgan fingerprint density at radius 3 is 2.00 bits per heavy atom. The highest BCUT2D eigenvalue weighted by Crippen LogP contribution is 2.26. The van der Waals surface area contributed by atoms with Crippen molar-refractivity contribution in [3.63, 3.8) is 0 Å². The van der Waals surface area contributed by atoms with Crippen LogP contribution in [0, 0.1) is 0 Å². The number of hydrogen-bond acceptors (Lipinski definition) is 0. The molecule has 0 nitrogen and oxygen atoms in total. The minimum Gasteiger partial charge on any atom is -0.0622 e. The second-order valence-corrected chi connectivity index (χ2v) is 5.58. The van der Waals surface area contributed by atoms with E-state index in [1.807, 2.05) is 0 Å². The van der Waals surface area contributed by atoms with Crippen molar-refractivity contribution in [2.75, 3.05) is 0 Å². The lowest BCUT2D eigenvalue weighted by Crippen LogP contribution is -1.98. The van der Waals surface area contributed by atoms with Gasteiger partial charge in [-0.3, -0.25) is 0 Å². The first-order valence-electron chi connectivity index (χ1n) is 7.52. The Morgan fingerprint density at radius 2 is 1.29 bits per heavy atom. The van der Waals surface area contributed by atoms with Gasteiger partial charge < -0.3 is 0 Å². The minimum atomic E-state index is 0.524. The Hall–Kier alpha value is -2.34. The summed E-state index contributed by atoms with van der Waals surface area (Å²) in [6, 6.07) is 30.2. The van der Waals surface area contributed by atoms with Crippen molar-refractivity contribution in [1.29, 1.82) is 0 Å². The zero-order valence-corrected chi connectivity index (χ0v) is 12.4. The molecule has 1 atom stereocenters. The molecular formula is C21H20. The summed E-state index contributed by atoms with van der Waals surface area (Å²) < 4.78 is 0. The summed E-state index contributed by atoms with van der Waals surface area (Å²) in [7, 11) is 0. The summed E-state index contributed by atoms with van der Waals surface area (Å²) in [6.07, 6.45) is 1.08. The third kappa shape index (κ3) is 3.41. The maximum Gasteiger partial charge on any atom is -0.0150 e. The van der Waals surface area contributed by atoms with Crippen molar-refractivity contribution in [3.05, 3.63) is 96.1 Å². The minimum absolute atomic E-state index is 0.524. The fourth-order valence-corrected chi connectivity index (χ4v) is 2.74. The van der Waals surface area contributed by atoms with Gasteiger partial charge in [0.25, 0.3) is 0 Å². The van der Waals surface area contributed by atoms with Gasteiger partial charge in [0.2, 0.25) is 0 Å². The smallest absolute Gasteiger partial charge is 0.0150 e. The van der Waals surface area contributed by atoms with Gasteiger partial charge in [-0.05, 0) is 34.6 Å². The molecule has 0 N–H and O–H groups in total. The Balaban J connectivity index is 1.83. The van der Waals surface area contributed by atoms with E-state index in [9.17, 15) is 0 Å². The van der Waals surface area contributed by atoms with Crippen LogP contribution in [0.3, 0.4) is 0 Å². The van der Waals surface area contributed by atoms with Gasteiger partial charge >= 0.3 is 0 Å². The van der Waals surface area contributed by atoms with Crippen LogP contribution in [0.5, 0.6) is 0 Å². The summed E-state index contributed by atoms with van der Waals surface area (Å²) in [5.74, 6) is 0.524. The third-order valence-corrected chi connectivity index (χ3v) is 3.95. The van der Waals surface area contributed by atoms with Crippen molar-refractivity contribution in [2.45, 2.75) is 19.3 Å². The molecule has 0 radical (unpaired) electrons. The Kier molecular flexibility index (Phi) is 4.16. The number of hydrogen-bond donors (Lipinski definition) is 0. The monoisotopic (exact) mass is 272 g/mol. The van der Waals surface area contributed by atoms with Gasteiger partial charge in [-0.1, -0.05) is 91.9 Å². The van der Waals surface area contributed by atoms with Crippen LogP contribution >= 0.6 is 0 Å². The van der Waals surface area contributed by atoms with Gasteiger partial charge in [0.15, 0.2) is 0 Å². The summed E-state index contributed by atoms with van der Waals surface area (Å²) in [5.41, 5.74) is 5.38. The molecule has 104 valence electrons. The van der Waals surface area contributed by atoms with Gasteiger partial charge in [0.1, 0.15) is 0 Å². The van der Waals surface area contributed by atoms with E-state index in [1.54, 1.807) is 0 Å². The van der Waals surface area contributed by atoms with Gasteiger partial charge in [-0.2, -0.15) is 0 Å². The average molecular weight is 272 g/mol. The van der Waals surface area contributed by atoms with E-state index in [2.05, 4.69) is 91.9 Å². The zero-order chi connectivity index (χ0) is 14.5.